The Morgan fingerprint density at radius 1 is 1.12 bits per heavy atom. The van der Waals surface area contributed by atoms with Crippen LogP contribution in [0.2, 0.25) is 0 Å². The molecule has 164 valence electrons. The number of hydrogen-bond donors (Lipinski definition) is 1. The highest BCUT2D eigenvalue weighted by Crippen LogP contribution is 2.25. The molecule has 1 amide bonds. The number of halogens is 1. The van der Waals surface area contributed by atoms with Gasteiger partial charge in [0, 0.05) is 38.1 Å². The summed E-state index contributed by atoms with van der Waals surface area (Å²) < 4.78 is 19.8. The van der Waals surface area contributed by atoms with E-state index in [4.69, 9.17) is 4.74 Å². The summed E-state index contributed by atoms with van der Waals surface area (Å²) in [5.74, 6) is 0.753. The zero-order valence-corrected chi connectivity index (χ0v) is 17.7. The molecule has 0 bridgehead atoms. The van der Waals surface area contributed by atoms with Gasteiger partial charge in [0.2, 0.25) is 5.91 Å². The molecule has 32 heavy (non-hydrogen) atoms. The number of carbonyl (C=O) groups is 1. The molecular formula is C25H25FN4O2. The highest BCUT2D eigenvalue weighted by molar-refractivity contribution is 5.91. The van der Waals surface area contributed by atoms with E-state index in [-0.39, 0.29) is 11.7 Å². The molecule has 7 heteroatoms. The lowest BCUT2D eigenvalue weighted by Gasteiger charge is -2.27. The van der Waals surface area contributed by atoms with Gasteiger partial charge in [0.15, 0.2) is 11.6 Å². The largest absolute Gasteiger partial charge is 0.453 e. The van der Waals surface area contributed by atoms with Gasteiger partial charge in [-0.25, -0.2) is 9.37 Å². The Labute approximate surface area is 186 Å². The number of ether oxygens (including phenoxy) is 1. The van der Waals surface area contributed by atoms with E-state index >= 15 is 0 Å². The summed E-state index contributed by atoms with van der Waals surface area (Å²) >= 11 is 0. The summed E-state index contributed by atoms with van der Waals surface area (Å²) in [5.41, 5.74) is 1.49. The molecular weight excluding hydrogens is 407 g/mol. The molecule has 0 unspecified atom stereocenters. The molecule has 1 aromatic carbocycles. The van der Waals surface area contributed by atoms with Crippen molar-refractivity contribution < 1.29 is 13.9 Å². The van der Waals surface area contributed by atoms with Gasteiger partial charge in [-0.3, -0.25) is 9.78 Å². The molecule has 3 heterocycles. The average Bonchev–Trinajstić information content (AvgIpc) is 2.84. The number of piperidine rings is 1. The molecule has 0 aliphatic carbocycles. The third kappa shape index (κ3) is 5.91. The van der Waals surface area contributed by atoms with Crippen LogP contribution in [-0.4, -0.2) is 29.0 Å². The third-order valence-corrected chi connectivity index (χ3v) is 5.20. The molecule has 3 aromatic rings. The first-order valence-corrected chi connectivity index (χ1v) is 10.7. The van der Waals surface area contributed by atoms with Crippen LogP contribution in [-0.2, 0) is 11.3 Å². The number of carbonyl (C=O) groups excluding carboxylic acids is 1. The molecule has 4 rings (SSSR count). The van der Waals surface area contributed by atoms with Crippen molar-refractivity contribution >= 4 is 17.8 Å². The number of aromatic nitrogens is 2. The summed E-state index contributed by atoms with van der Waals surface area (Å²) in [4.78, 5) is 22.9. The summed E-state index contributed by atoms with van der Waals surface area (Å²) in [6.45, 7) is 2.47. The number of benzene rings is 1. The normalized spacial score (nSPS) is 13.8. The van der Waals surface area contributed by atoms with Crippen molar-refractivity contribution in [3.63, 3.8) is 0 Å². The Bertz CT molecular complexity index is 1070. The lowest BCUT2D eigenvalue weighted by atomic mass is 10.1. The van der Waals surface area contributed by atoms with E-state index in [1.807, 2.05) is 12.1 Å². The third-order valence-electron chi connectivity index (χ3n) is 5.20. The van der Waals surface area contributed by atoms with Gasteiger partial charge in [-0.1, -0.05) is 12.1 Å². The van der Waals surface area contributed by atoms with E-state index in [9.17, 15) is 9.18 Å². The number of rotatable bonds is 7. The van der Waals surface area contributed by atoms with Crippen molar-refractivity contribution in [3.8, 4) is 11.5 Å². The predicted molar refractivity (Wildman–Crippen MR) is 122 cm³/mol. The van der Waals surface area contributed by atoms with Gasteiger partial charge < -0.3 is 15.0 Å². The Morgan fingerprint density at radius 2 is 2.00 bits per heavy atom. The van der Waals surface area contributed by atoms with Crippen molar-refractivity contribution in [2.24, 2.45) is 0 Å². The minimum atomic E-state index is -0.517. The number of pyridine rings is 2. The van der Waals surface area contributed by atoms with Crippen molar-refractivity contribution in [2.75, 3.05) is 18.0 Å². The van der Waals surface area contributed by atoms with Crippen LogP contribution in [0.4, 0.5) is 10.2 Å². The van der Waals surface area contributed by atoms with Crippen LogP contribution in [0, 0.1) is 5.82 Å². The quantitative estimate of drug-likeness (QED) is 0.547. The molecule has 0 saturated carbocycles. The van der Waals surface area contributed by atoms with Gasteiger partial charge in [-0.05, 0) is 66.8 Å². The fraction of sp³-hybridized carbons (Fsp3) is 0.240. The van der Waals surface area contributed by atoms with Gasteiger partial charge >= 0.3 is 0 Å². The zero-order chi connectivity index (χ0) is 22.2. The second-order valence-corrected chi connectivity index (χ2v) is 7.60. The number of anilines is 1. The van der Waals surface area contributed by atoms with Crippen molar-refractivity contribution in [2.45, 2.75) is 25.8 Å². The first kappa shape index (κ1) is 21.5. The second-order valence-electron chi connectivity index (χ2n) is 7.60. The molecule has 0 radical (unpaired) electrons. The first-order valence-electron chi connectivity index (χ1n) is 10.7. The smallest absolute Gasteiger partial charge is 0.244 e. The van der Waals surface area contributed by atoms with E-state index in [0.717, 1.165) is 24.5 Å². The lowest BCUT2D eigenvalue weighted by molar-refractivity contribution is -0.116. The maximum Gasteiger partial charge on any atom is 0.244 e. The number of amides is 1. The Kier molecular flexibility index (Phi) is 7.07. The monoisotopic (exact) mass is 432 g/mol. The van der Waals surface area contributed by atoms with E-state index in [2.05, 4.69) is 20.2 Å². The topological polar surface area (TPSA) is 67.3 Å². The zero-order valence-electron chi connectivity index (χ0n) is 17.7. The van der Waals surface area contributed by atoms with Crippen LogP contribution in [0.1, 0.15) is 30.4 Å². The molecule has 1 aliphatic rings. The fourth-order valence-corrected chi connectivity index (χ4v) is 3.49. The molecule has 1 aliphatic heterocycles. The number of nitrogens with one attached hydrogen (secondary N) is 1. The molecule has 1 N–H and O–H groups in total. The minimum absolute atomic E-state index is 0.0973. The molecule has 2 aromatic heterocycles. The summed E-state index contributed by atoms with van der Waals surface area (Å²) in [6.07, 6.45) is 11.5. The standard InChI is InChI=1S/C25H25FN4O2/c26-22-15-19(6-9-23(22)32-21-5-4-12-27-18-21)8-11-25(31)29-17-20-7-10-24(28-16-20)30-13-2-1-3-14-30/h4-12,15-16,18H,1-3,13-14,17H2,(H,29,31)/b11-8+. The number of nitrogens with zero attached hydrogens (tertiary/aromatic N) is 3. The maximum absolute atomic E-state index is 14.3. The van der Waals surface area contributed by atoms with Crippen LogP contribution in [0.25, 0.3) is 6.08 Å². The van der Waals surface area contributed by atoms with Crippen LogP contribution in [0.3, 0.4) is 0 Å². The highest BCUT2D eigenvalue weighted by Gasteiger charge is 2.11. The van der Waals surface area contributed by atoms with E-state index < -0.39 is 5.82 Å². The van der Waals surface area contributed by atoms with Crippen LogP contribution in [0.5, 0.6) is 11.5 Å². The summed E-state index contributed by atoms with van der Waals surface area (Å²) in [6, 6.07) is 11.9. The van der Waals surface area contributed by atoms with E-state index in [1.54, 1.807) is 36.7 Å². The SMILES string of the molecule is O=C(/C=C/c1ccc(Oc2cccnc2)c(F)c1)NCc1ccc(N2CCCCC2)nc1. The summed E-state index contributed by atoms with van der Waals surface area (Å²) in [7, 11) is 0. The van der Waals surface area contributed by atoms with E-state index in [1.165, 1.54) is 43.7 Å². The predicted octanol–water partition coefficient (Wildman–Crippen LogP) is 4.73. The maximum atomic E-state index is 14.3. The summed E-state index contributed by atoms with van der Waals surface area (Å²) in [5, 5.41) is 2.82. The van der Waals surface area contributed by atoms with Crippen LogP contribution >= 0.6 is 0 Å². The van der Waals surface area contributed by atoms with Gasteiger partial charge in [0.25, 0.3) is 0 Å². The second kappa shape index (κ2) is 10.5. The van der Waals surface area contributed by atoms with E-state index in [0.29, 0.717) is 17.9 Å². The van der Waals surface area contributed by atoms with Gasteiger partial charge in [-0.15, -0.1) is 0 Å². The Balaban J connectivity index is 1.28. The van der Waals surface area contributed by atoms with Crippen molar-refractivity contribution in [3.05, 3.63) is 84.1 Å². The van der Waals surface area contributed by atoms with Crippen molar-refractivity contribution in [1.29, 1.82) is 0 Å². The average molecular weight is 432 g/mol. The lowest BCUT2D eigenvalue weighted by Crippen LogP contribution is -2.30. The highest BCUT2D eigenvalue weighted by atomic mass is 19.1. The molecule has 0 spiro atoms. The minimum Gasteiger partial charge on any atom is -0.453 e. The van der Waals surface area contributed by atoms with Gasteiger partial charge in [-0.2, -0.15) is 0 Å². The first-order chi connectivity index (χ1) is 15.7. The van der Waals surface area contributed by atoms with Crippen molar-refractivity contribution in [1.82, 2.24) is 15.3 Å². The van der Waals surface area contributed by atoms with Crippen LogP contribution in [0.15, 0.2) is 67.1 Å². The molecule has 1 saturated heterocycles. The Hall–Kier alpha value is -3.74. The number of hydrogen-bond acceptors (Lipinski definition) is 5. The fourth-order valence-electron chi connectivity index (χ4n) is 3.49. The molecule has 6 nitrogen and oxygen atoms in total. The van der Waals surface area contributed by atoms with Gasteiger partial charge in [0.1, 0.15) is 11.6 Å². The molecule has 0 atom stereocenters. The molecule has 1 fully saturated rings. The van der Waals surface area contributed by atoms with Gasteiger partial charge in [0.05, 0.1) is 6.20 Å². The van der Waals surface area contributed by atoms with Crippen LogP contribution < -0.4 is 15.0 Å². The Morgan fingerprint density at radius 3 is 2.72 bits per heavy atom.